The lowest BCUT2D eigenvalue weighted by Crippen LogP contribution is -2.52. The summed E-state index contributed by atoms with van der Waals surface area (Å²) in [5.41, 5.74) is -1.29. The summed E-state index contributed by atoms with van der Waals surface area (Å²) in [6.07, 6.45) is 0. The Balaban J connectivity index is 5.04. The second kappa shape index (κ2) is 3.34. The summed E-state index contributed by atoms with van der Waals surface area (Å²) in [4.78, 5) is 0. The Labute approximate surface area is 82.5 Å². The molecule has 0 aromatic heterocycles. The van der Waals surface area contributed by atoms with Gasteiger partial charge in [-0.15, -0.1) is 0 Å². The van der Waals surface area contributed by atoms with Crippen molar-refractivity contribution >= 4 is 11.6 Å². The largest absolute Gasteiger partial charge is 0.297 e. The summed E-state index contributed by atoms with van der Waals surface area (Å²) in [6.45, 7) is 6.58. The highest BCUT2D eigenvalue weighted by atomic mass is 35.5. The van der Waals surface area contributed by atoms with Crippen LogP contribution in [0.25, 0.3) is 0 Å². The Hall–Kier alpha value is 0.0800. The minimum absolute atomic E-state index is 1.12. The number of hydrogen-bond donors (Lipinski definition) is 0. The summed E-state index contributed by atoms with van der Waals surface area (Å²) in [5.74, 6) is -4.64. The molecule has 0 bridgehead atoms. The molecule has 0 aliphatic rings. The number of hydrogen-bond acceptors (Lipinski definition) is 0. The molecule has 0 rings (SSSR count). The monoisotopic (exact) mass is 216 g/mol. The zero-order valence-corrected chi connectivity index (χ0v) is 9.35. The SMILES string of the molecule is CC(C)C(F)(F)C(F)(Cl)C(C)(C)C. The predicted molar refractivity (Wildman–Crippen MR) is 48.9 cm³/mol. The molecule has 0 fully saturated rings. The first kappa shape index (κ1) is 13.1. The van der Waals surface area contributed by atoms with E-state index < -0.39 is 22.4 Å². The maximum Gasteiger partial charge on any atom is 0.297 e. The molecule has 13 heavy (non-hydrogen) atoms. The molecule has 0 amide bonds. The molecule has 0 N–H and O–H groups in total. The van der Waals surface area contributed by atoms with Gasteiger partial charge in [0.2, 0.25) is 0 Å². The smallest absolute Gasteiger partial charge is 0.219 e. The third-order valence-corrected chi connectivity index (χ3v) is 2.90. The molecule has 0 heterocycles. The van der Waals surface area contributed by atoms with Gasteiger partial charge in [0.15, 0.2) is 0 Å². The maximum absolute atomic E-state index is 13.6. The Kier molecular flexibility index (Phi) is 3.36. The molecule has 80 valence electrons. The lowest BCUT2D eigenvalue weighted by atomic mass is 9.82. The topological polar surface area (TPSA) is 0 Å². The molecule has 0 spiro atoms. The van der Waals surface area contributed by atoms with Gasteiger partial charge in [0.25, 0.3) is 11.1 Å². The average molecular weight is 217 g/mol. The zero-order valence-electron chi connectivity index (χ0n) is 8.59. The summed E-state index contributed by atoms with van der Waals surface area (Å²) < 4.78 is 40.3. The van der Waals surface area contributed by atoms with Crippen LogP contribution >= 0.6 is 11.6 Å². The van der Waals surface area contributed by atoms with E-state index in [1.165, 1.54) is 34.6 Å². The van der Waals surface area contributed by atoms with E-state index in [1.807, 2.05) is 0 Å². The molecule has 0 aliphatic carbocycles. The lowest BCUT2D eigenvalue weighted by Gasteiger charge is -2.40. The van der Waals surface area contributed by atoms with Crippen molar-refractivity contribution in [1.82, 2.24) is 0 Å². The first-order valence-electron chi connectivity index (χ1n) is 4.20. The van der Waals surface area contributed by atoms with E-state index in [0.717, 1.165) is 0 Å². The van der Waals surface area contributed by atoms with Crippen molar-refractivity contribution in [3.05, 3.63) is 0 Å². The number of halogens is 4. The van der Waals surface area contributed by atoms with E-state index in [2.05, 4.69) is 0 Å². The molecular weight excluding hydrogens is 201 g/mol. The van der Waals surface area contributed by atoms with Crippen LogP contribution in [-0.4, -0.2) is 11.1 Å². The summed E-state index contributed by atoms with van der Waals surface area (Å²) >= 11 is 5.28. The minimum atomic E-state index is -3.52. The molecule has 0 radical (unpaired) electrons. The van der Waals surface area contributed by atoms with E-state index in [0.29, 0.717) is 0 Å². The van der Waals surface area contributed by atoms with Gasteiger partial charge < -0.3 is 0 Å². The van der Waals surface area contributed by atoms with Gasteiger partial charge in [0.05, 0.1) is 0 Å². The van der Waals surface area contributed by atoms with Crippen molar-refractivity contribution in [3.63, 3.8) is 0 Å². The van der Waals surface area contributed by atoms with Gasteiger partial charge in [0.1, 0.15) is 0 Å². The molecule has 0 saturated carbocycles. The van der Waals surface area contributed by atoms with Crippen LogP contribution in [0.5, 0.6) is 0 Å². The first-order valence-corrected chi connectivity index (χ1v) is 4.58. The zero-order chi connectivity index (χ0) is 11.1. The van der Waals surface area contributed by atoms with Crippen LogP contribution < -0.4 is 0 Å². The van der Waals surface area contributed by atoms with Gasteiger partial charge in [-0.1, -0.05) is 46.2 Å². The van der Waals surface area contributed by atoms with E-state index in [9.17, 15) is 13.2 Å². The van der Waals surface area contributed by atoms with Crippen molar-refractivity contribution in [2.24, 2.45) is 11.3 Å². The summed E-state index contributed by atoms with van der Waals surface area (Å²) in [5, 5.41) is -3.01. The molecule has 1 atom stereocenters. The van der Waals surface area contributed by atoms with Gasteiger partial charge >= 0.3 is 0 Å². The average Bonchev–Trinajstić information content (AvgIpc) is 1.84. The Morgan fingerprint density at radius 1 is 1.00 bits per heavy atom. The molecule has 4 heteroatoms. The summed E-state index contributed by atoms with van der Waals surface area (Å²) in [6, 6.07) is 0. The Morgan fingerprint density at radius 3 is 1.38 bits per heavy atom. The second-order valence-corrected chi connectivity index (χ2v) is 5.12. The lowest BCUT2D eigenvalue weighted by molar-refractivity contribution is -0.165. The highest BCUT2D eigenvalue weighted by molar-refractivity contribution is 6.24. The highest BCUT2D eigenvalue weighted by Crippen LogP contribution is 2.51. The molecule has 0 aliphatic heterocycles. The maximum atomic E-state index is 13.6. The van der Waals surface area contributed by atoms with Gasteiger partial charge in [-0.25, -0.2) is 13.2 Å². The Bertz CT molecular complexity index is 180. The normalized spacial score (nSPS) is 18.9. The fraction of sp³-hybridized carbons (Fsp3) is 1.00. The van der Waals surface area contributed by atoms with Gasteiger partial charge in [-0.2, -0.15) is 0 Å². The van der Waals surface area contributed by atoms with Crippen LogP contribution in [0.4, 0.5) is 13.2 Å². The Morgan fingerprint density at radius 2 is 1.31 bits per heavy atom. The number of alkyl halides is 4. The second-order valence-electron chi connectivity index (χ2n) is 4.60. The van der Waals surface area contributed by atoms with Crippen LogP contribution in [0.15, 0.2) is 0 Å². The van der Waals surface area contributed by atoms with Crippen LogP contribution in [0, 0.1) is 11.3 Å². The van der Waals surface area contributed by atoms with Crippen molar-refractivity contribution < 1.29 is 13.2 Å². The molecular formula is C9H16ClF3. The highest BCUT2D eigenvalue weighted by Gasteiger charge is 2.61. The molecule has 0 saturated heterocycles. The van der Waals surface area contributed by atoms with E-state index in [4.69, 9.17) is 11.6 Å². The fourth-order valence-electron chi connectivity index (χ4n) is 0.863. The molecule has 0 aromatic carbocycles. The van der Waals surface area contributed by atoms with Gasteiger partial charge in [-0.05, 0) is 0 Å². The fourth-order valence-corrected chi connectivity index (χ4v) is 1.08. The van der Waals surface area contributed by atoms with E-state index in [1.54, 1.807) is 0 Å². The minimum Gasteiger partial charge on any atom is -0.219 e. The van der Waals surface area contributed by atoms with Crippen LogP contribution in [0.3, 0.4) is 0 Å². The third-order valence-electron chi connectivity index (χ3n) is 2.09. The standard InChI is InChI=1S/C9H16ClF3/c1-6(2)8(11,12)9(10,13)7(3,4)5/h6H,1-5H3. The number of rotatable bonds is 2. The summed E-state index contributed by atoms with van der Waals surface area (Å²) in [7, 11) is 0. The van der Waals surface area contributed by atoms with Gasteiger partial charge in [0, 0.05) is 11.3 Å². The van der Waals surface area contributed by atoms with Crippen LogP contribution in [-0.2, 0) is 0 Å². The predicted octanol–water partition coefficient (Wildman–Crippen LogP) is 4.23. The van der Waals surface area contributed by atoms with Crippen molar-refractivity contribution in [2.75, 3.05) is 0 Å². The van der Waals surface area contributed by atoms with Crippen molar-refractivity contribution in [2.45, 2.75) is 45.7 Å². The van der Waals surface area contributed by atoms with Crippen molar-refractivity contribution in [3.8, 4) is 0 Å². The van der Waals surface area contributed by atoms with E-state index in [-0.39, 0.29) is 0 Å². The molecule has 0 aromatic rings. The van der Waals surface area contributed by atoms with Gasteiger partial charge in [-0.3, -0.25) is 0 Å². The quantitative estimate of drug-likeness (QED) is 0.606. The molecule has 0 nitrogen and oxygen atoms in total. The molecule has 1 unspecified atom stereocenters. The van der Waals surface area contributed by atoms with Crippen LogP contribution in [0.1, 0.15) is 34.6 Å². The third kappa shape index (κ3) is 2.12. The van der Waals surface area contributed by atoms with Crippen LogP contribution in [0.2, 0.25) is 0 Å². The van der Waals surface area contributed by atoms with E-state index >= 15 is 0 Å². The first-order chi connectivity index (χ1) is 5.44. The van der Waals surface area contributed by atoms with Crippen molar-refractivity contribution in [1.29, 1.82) is 0 Å².